The van der Waals surface area contributed by atoms with Crippen LogP contribution in [-0.4, -0.2) is 86.1 Å². The SMILES string of the molecule is CCCCC/C=C\C/C=C\C=C/C(O)C/C=C\CCCC(=O)OC(COC(=O)CCCCCCCCCCCCCC)COP(=O)(O)OCC[N+](C)(C)C. The maximum absolute atomic E-state index is 12.6. The molecule has 54 heavy (non-hydrogen) atoms. The Labute approximate surface area is 329 Å². The number of aliphatic hydroxyl groups is 1. The van der Waals surface area contributed by atoms with E-state index in [1.807, 2.05) is 45.4 Å². The van der Waals surface area contributed by atoms with Crippen LogP contribution in [0.5, 0.6) is 0 Å². The number of phosphoric ester groups is 1. The van der Waals surface area contributed by atoms with Crippen molar-refractivity contribution in [1.82, 2.24) is 0 Å². The first kappa shape index (κ1) is 51.9. The van der Waals surface area contributed by atoms with E-state index in [-0.39, 0.29) is 26.1 Å². The van der Waals surface area contributed by atoms with Crippen LogP contribution in [0.3, 0.4) is 0 Å². The van der Waals surface area contributed by atoms with Crippen molar-refractivity contribution in [3.8, 4) is 0 Å². The van der Waals surface area contributed by atoms with E-state index in [0.717, 1.165) is 32.1 Å². The van der Waals surface area contributed by atoms with Crippen molar-refractivity contribution in [1.29, 1.82) is 0 Å². The smallest absolute Gasteiger partial charge is 0.462 e. The fourth-order valence-electron chi connectivity index (χ4n) is 5.32. The molecule has 0 bridgehead atoms. The molecule has 0 heterocycles. The van der Waals surface area contributed by atoms with E-state index in [0.29, 0.717) is 30.3 Å². The van der Waals surface area contributed by atoms with Crippen LogP contribution in [-0.2, 0) is 32.7 Å². The van der Waals surface area contributed by atoms with Gasteiger partial charge < -0.3 is 24.0 Å². The van der Waals surface area contributed by atoms with Crippen LogP contribution in [0.15, 0.2) is 48.6 Å². The molecule has 0 radical (unpaired) electrons. The third-order valence-corrected chi connectivity index (χ3v) is 9.68. The van der Waals surface area contributed by atoms with Gasteiger partial charge in [-0.1, -0.05) is 146 Å². The monoisotopic (exact) mass is 785 g/mol. The van der Waals surface area contributed by atoms with Gasteiger partial charge in [0.15, 0.2) is 6.10 Å². The van der Waals surface area contributed by atoms with Crippen LogP contribution in [0.1, 0.15) is 155 Å². The Hall–Kier alpha value is -2.07. The predicted molar refractivity (Wildman–Crippen MR) is 221 cm³/mol. The molecule has 0 saturated carbocycles. The number of unbranched alkanes of at least 4 members (excludes halogenated alkanes) is 15. The quantitative estimate of drug-likeness (QED) is 0.0158. The van der Waals surface area contributed by atoms with Gasteiger partial charge in [-0.05, 0) is 44.9 Å². The third-order valence-electron chi connectivity index (χ3n) is 8.69. The first-order valence-corrected chi connectivity index (χ1v) is 22.5. The molecule has 0 spiro atoms. The van der Waals surface area contributed by atoms with E-state index in [4.69, 9.17) is 18.5 Å². The molecule has 3 atom stereocenters. The second kappa shape index (κ2) is 35.4. The molecule has 0 aromatic carbocycles. The molecule has 10 nitrogen and oxygen atoms in total. The molecule has 0 rings (SSSR count). The summed E-state index contributed by atoms with van der Waals surface area (Å²) < 4.78 is 34.1. The predicted octanol–water partition coefficient (Wildman–Crippen LogP) is 10.5. The van der Waals surface area contributed by atoms with Gasteiger partial charge in [0, 0.05) is 12.8 Å². The first-order chi connectivity index (χ1) is 25.9. The summed E-state index contributed by atoms with van der Waals surface area (Å²) in [6.45, 7) is 4.20. The molecule has 0 aliphatic carbocycles. The molecular weight excluding hydrogens is 705 g/mol. The Morgan fingerprint density at radius 1 is 0.667 bits per heavy atom. The lowest BCUT2D eigenvalue weighted by Crippen LogP contribution is -2.37. The number of ether oxygens (including phenoxy) is 2. The van der Waals surface area contributed by atoms with Gasteiger partial charge in [0.1, 0.15) is 19.8 Å². The van der Waals surface area contributed by atoms with Crippen LogP contribution in [0.2, 0.25) is 0 Å². The number of quaternary nitrogens is 1. The highest BCUT2D eigenvalue weighted by Gasteiger charge is 2.27. The second-order valence-corrected chi connectivity index (χ2v) is 16.7. The summed E-state index contributed by atoms with van der Waals surface area (Å²) in [5, 5.41) is 10.2. The number of allylic oxidation sites excluding steroid dienone is 6. The minimum Gasteiger partial charge on any atom is -0.462 e. The van der Waals surface area contributed by atoms with Crippen molar-refractivity contribution >= 4 is 19.8 Å². The number of nitrogens with zero attached hydrogens (tertiary/aromatic N) is 1. The summed E-state index contributed by atoms with van der Waals surface area (Å²) >= 11 is 0. The molecule has 0 aliphatic rings. The summed E-state index contributed by atoms with van der Waals surface area (Å²) in [6.07, 6.45) is 36.1. The summed E-state index contributed by atoms with van der Waals surface area (Å²) in [6, 6.07) is 0. The third kappa shape index (κ3) is 38.2. The highest BCUT2D eigenvalue weighted by Crippen LogP contribution is 2.43. The van der Waals surface area contributed by atoms with Crippen LogP contribution in [0, 0.1) is 0 Å². The number of hydrogen-bond acceptors (Lipinski definition) is 8. The minimum absolute atomic E-state index is 0.00473. The van der Waals surface area contributed by atoms with Crippen molar-refractivity contribution in [2.24, 2.45) is 0 Å². The molecule has 0 fully saturated rings. The zero-order chi connectivity index (χ0) is 40.2. The lowest BCUT2D eigenvalue weighted by Gasteiger charge is -2.24. The summed E-state index contributed by atoms with van der Waals surface area (Å²) in [4.78, 5) is 35.3. The topological polar surface area (TPSA) is 129 Å². The van der Waals surface area contributed by atoms with E-state index in [9.17, 15) is 24.2 Å². The Balaban J connectivity index is 4.59. The van der Waals surface area contributed by atoms with Crippen molar-refractivity contribution in [3.05, 3.63) is 48.6 Å². The number of aliphatic hydroxyl groups excluding tert-OH is 1. The first-order valence-electron chi connectivity index (χ1n) is 21.0. The average Bonchev–Trinajstić information content (AvgIpc) is 3.11. The number of phosphoric acid groups is 1. The lowest BCUT2D eigenvalue weighted by atomic mass is 10.0. The van der Waals surface area contributed by atoms with Gasteiger partial charge in [0.25, 0.3) is 0 Å². The number of esters is 2. The second-order valence-electron chi connectivity index (χ2n) is 15.2. The van der Waals surface area contributed by atoms with Crippen molar-refractivity contribution in [3.63, 3.8) is 0 Å². The van der Waals surface area contributed by atoms with Gasteiger partial charge in [-0.2, -0.15) is 0 Å². The van der Waals surface area contributed by atoms with E-state index in [1.54, 1.807) is 6.08 Å². The highest BCUT2D eigenvalue weighted by molar-refractivity contribution is 7.47. The Kier molecular flexibility index (Phi) is 34.0. The van der Waals surface area contributed by atoms with Crippen molar-refractivity contribution < 1.29 is 47.2 Å². The number of carbonyl (C=O) groups is 2. The standard InChI is InChI=1S/C43H78NO9P/c1-6-8-10-12-14-16-18-19-21-23-25-30-34-42(46)50-38-41(39-52-54(48,49)51-37-36-44(3,4)5)53-43(47)35-31-27-26-29-33-40(45)32-28-24-22-20-17-15-13-11-9-7-2/h15,17,22,24,26,28-29,32,40-41,45H,6-14,16,18-21,23,25,27,30-31,33-39H2,1-5H3/p+1/b17-15-,24-22-,29-26-,32-28-. The maximum Gasteiger partial charge on any atom is 0.472 e. The molecular formula is C43H79NO9P+. The van der Waals surface area contributed by atoms with Crippen molar-refractivity contribution in [2.75, 3.05) is 47.5 Å². The Morgan fingerprint density at radius 3 is 1.89 bits per heavy atom. The van der Waals surface area contributed by atoms with Crippen LogP contribution < -0.4 is 0 Å². The molecule has 0 amide bonds. The van der Waals surface area contributed by atoms with E-state index in [2.05, 4.69) is 32.1 Å². The number of rotatable bonds is 37. The van der Waals surface area contributed by atoms with E-state index < -0.39 is 38.6 Å². The Bertz CT molecular complexity index is 1080. The minimum atomic E-state index is -4.41. The zero-order valence-corrected chi connectivity index (χ0v) is 35.7. The summed E-state index contributed by atoms with van der Waals surface area (Å²) in [7, 11) is 1.38. The lowest BCUT2D eigenvalue weighted by molar-refractivity contribution is -0.870. The van der Waals surface area contributed by atoms with Gasteiger partial charge in [-0.25, -0.2) is 4.57 Å². The van der Waals surface area contributed by atoms with Gasteiger partial charge >= 0.3 is 19.8 Å². The number of carbonyl (C=O) groups excluding carboxylic acids is 2. The summed E-state index contributed by atoms with van der Waals surface area (Å²) in [5.41, 5.74) is 0. The van der Waals surface area contributed by atoms with Crippen LogP contribution >= 0.6 is 7.82 Å². The van der Waals surface area contributed by atoms with Gasteiger partial charge in [0.2, 0.25) is 0 Å². The van der Waals surface area contributed by atoms with E-state index >= 15 is 0 Å². The van der Waals surface area contributed by atoms with E-state index in [1.165, 1.54) is 77.0 Å². The van der Waals surface area contributed by atoms with Crippen LogP contribution in [0.4, 0.5) is 0 Å². The number of hydrogen-bond donors (Lipinski definition) is 2. The molecule has 0 saturated heterocycles. The summed E-state index contributed by atoms with van der Waals surface area (Å²) in [5.74, 6) is -0.934. The largest absolute Gasteiger partial charge is 0.472 e. The average molecular weight is 785 g/mol. The highest BCUT2D eigenvalue weighted by atomic mass is 31.2. The fraction of sp³-hybridized carbons (Fsp3) is 0.767. The molecule has 3 unspecified atom stereocenters. The Morgan fingerprint density at radius 2 is 1.24 bits per heavy atom. The van der Waals surface area contributed by atoms with Gasteiger partial charge in [-0.15, -0.1) is 0 Å². The molecule has 0 aromatic heterocycles. The normalized spacial score (nSPS) is 14.7. The molecule has 2 N–H and O–H groups in total. The van der Waals surface area contributed by atoms with Crippen LogP contribution in [0.25, 0.3) is 0 Å². The van der Waals surface area contributed by atoms with Gasteiger partial charge in [0.05, 0.1) is 33.9 Å². The molecule has 11 heteroatoms. The fourth-order valence-corrected chi connectivity index (χ4v) is 6.07. The molecule has 0 aromatic rings. The van der Waals surface area contributed by atoms with Gasteiger partial charge in [-0.3, -0.25) is 18.6 Å². The molecule has 314 valence electrons. The zero-order valence-electron chi connectivity index (χ0n) is 34.8. The maximum atomic E-state index is 12.6. The number of likely N-dealkylation sites (N-methyl/N-ethyl adjacent to an activating group) is 1. The van der Waals surface area contributed by atoms with Crippen molar-refractivity contribution in [2.45, 2.75) is 167 Å². The molecule has 0 aliphatic heterocycles.